The predicted octanol–water partition coefficient (Wildman–Crippen LogP) is 2.18. The molecule has 1 aromatic heterocycles. The Morgan fingerprint density at radius 3 is 2.53 bits per heavy atom. The van der Waals surface area contributed by atoms with Crippen LogP contribution in [-0.4, -0.2) is 95.8 Å². The van der Waals surface area contributed by atoms with Gasteiger partial charge in [-0.25, -0.2) is 4.79 Å². The number of nitrogens with zero attached hydrogens (tertiary/aromatic N) is 3. The summed E-state index contributed by atoms with van der Waals surface area (Å²) >= 11 is 0. The fourth-order valence-corrected chi connectivity index (χ4v) is 4.25. The topological polar surface area (TPSA) is 105 Å². The van der Waals surface area contributed by atoms with E-state index in [-0.39, 0.29) is 24.2 Å². The molecule has 4 rings (SSSR count). The number of rotatable bonds is 6. The summed E-state index contributed by atoms with van der Waals surface area (Å²) in [5.41, 5.74) is 0. The second-order valence-corrected chi connectivity index (χ2v) is 8.03. The van der Waals surface area contributed by atoms with E-state index in [1.807, 2.05) is 4.90 Å². The van der Waals surface area contributed by atoms with Gasteiger partial charge in [-0.1, -0.05) is 5.16 Å². The number of fused-ring (bicyclic) bond motifs is 1. The van der Waals surface area contributed by atoms with Crippen molar-refractivity contribution >= 4 is 11.9 Å². The number of aromatic nitrogens is 1. The molecule has 32 heavy (non-hydrogen) atoms. The molecule has 1 N–H and O–H groups in total. The van der Waals surface area contributed by atoms with Gasteiger partial charge in [0.1, 0.15) is 0 Å². The first-order valence-corrected chi connectivity index (χ1v) is 10.7. The molecule has 3 aliphatic heterocycles. The zero-order chi connectivity index (χ0) is 23.1. The maximum atomic E-state index is 12.5. The molecule has 9 nitrogen and oxygen atoms in total. The van der Waals surface area contributed by atoms with Crippen LogP contribution in [0.15, 0.2) is 16.8 Å². The average molecular weight is 463 g/mol. The molecule has 0 radical (unpaired) electrons. The lowest BCUT2D eigenvalue weighted by Gasteiger charge is -2.35. The fraction of sp³-hybridized carbons (Fsp3) is 0.750. The Morgan fingerprint density at radius 1 is 1.19 bits per heavy atom. The van der Waals surface area contributed by atoms with Gasteiger partial charge in [-0.15, -0.1) is 0 Å². The van der Waals surface area contributed by atoms with Crippen LogP contribution in [-0.2, 0) is 14.3 Å². The Morgan fingerprint density at radius 2 is 1.91 bits per heavy atom. The molecule has 3 saturated heterocycles. The highest BCUT2D eigenvalue weighted by atomic mass is 19.4. The monoisotopic (exact) mass is 463 g/mol. The highest BCUT2D eigenvalue weighted by Crippen LogP contribution is 2.32. The number of carbonyl (C=O) groups excluding carboxylic acids is 1. The molecule has 12 heteroatoms. The summed E-state index contributed by atoms with van der Waals surface area (Å²) in [7, 11) is 0. The number of carboxylic acids is 1. The first-order chi connectivity index (χ1) is 15.3. The number of carboxylic acid groups (broad SMARTS) is 1. The third kappa shape index (κ3) is 6.66. The Hall–Kier alpha value is -2.18. The van der Waals surface area contributed by atoms with Crippen molar-refractivity contribution < 1.29 is 41.9 Å². The van der Waals surface area contributed by atoms with E-state index >= 15 is 0 Å². The van der Waals surface area contributed by atoms with E-state index in [0.717, 1.165) is 39.0 Å². The lowest BCUT2D eigenvalue weighted by atomic mass is 9.99. The molecule has 0 bridgehead atoms. The minimum absolute atomic E-state index is 0.0751. The summed E-state index contributed by atoms with van der Waals surface area (Å²) in [6, 6.07) is 1.77. The number of halogens is 3. The zero-order valence-electron chi connectivity index (χ0n) is 17.6. The lowest BCUT2D eigenvalue weighted by Crippen LogP contribution is -2.46. The van der Waals surface area contributed by atoms with Gasteiger partial charge in [-0.3, -0.25) is 4.79 Å². The Bertz CT molecular complexity index is 739. The second kappa shape index (κ2) is 11.1. The molecule has 180 valence electrons. The van der Waals surface area contributed by atoms with Crippen molar-refractivity contribution in [2.45, 2.75) is 56.5 Å². The molecule has 3 fully saturated rings. The number of hydrogen-bond acceptors (Lipinski definition) is 7. The Balaban J connectivity index is 0.000000360. The molecule has 3 aliphatic rings. The van der Waals surface area contributed by atoms with Crippen LogP contribution in [0.1, 0.15) is 42.7 Å². The zero-order valence-corrected chi connectivity index (χ0v) is 17.6. The van der Waals surface area contributed by atoms with Gasteiger partial charge in [-0.2, -0.15) is 13.2 Å². The van der Waals surface area contributed by atoms with Gasteiger partial charge in [0.15, 0.2) is 0 Å². The van der Waals surface area contributed by atoms with Gasteiger partial charge in [-0.05, 0) is 45.2 Å². The van der Waals surface area contributed by atoms with Crippen molar-refractivity contribution in [1.82, 2.24) is 15.0 Å². The van der Waals surface area contributed by atoms with E-state index in [9.17, 15) is 18.0 Å². The van der Waals surface area contributed by atoms with E-state index < -0.39 is 12.1 Å². The predicted molar refractivity (Wildman–Crippen MR) is 104 cm³/mol. The summed E-state index contributed by atoms with van der Waals surface area (Å²) in [5.74, 6) is -2.52. The molecule has 4 heterocycles. The second-order valence-electron chi connectivity index (χ2n) is 8.03. The molecule has 1 amide bonds. The highest BCUT2D eigenvalue weighted by Gasteiger charge is 2.43. The maximum absolute atomic E-state index is 12.5. The largest absolute Gasteiger partial charge is 0.490 e. The van der Waals surface area contributed by atoms with Crippen LogP contribution in [0.25, 0.3) is 0 Å². The third-order valence-corrected chi connectivity index (χ3v) is 5.84. The number of likely N-dealkylation sites (tertiary alicyclic amines) is 2. The van der Waals surface area contributed by atoms with Crippen molar-refractivity contribution in [2.24, 2.45) is 0 Å². The van der Waals surface area contributed by atoms with Crippen LogP contribution in [0.2, 0.25) is 0 Å². The SMILES string of the molecule is O=C(O)C(F)(F)F.O=C(c1ccno1)N1CC[C@@H]2O[C@@H](COCCN3CCCC3)CC[C@@H]21. The van der Waals surface area contributed by atoms with Gasteiger partial charge < -0.3 is 28.9 Å². The Labute approximate surface area is 183 Å². The number of hydrogen-bond donors (Lipinski definition) is 1. The van der Waals surface area contributed by atoms with Gasteiger partial charge in [0.25, 0.3) is 5.91 Å². The van der Waals surface area contributed by atoms with Crippen LogP contribution >= 0.6 is 0 Å². The quantitative estimate of drug-likeness (QED) is 0.640. The number of ether oxygens (including phenoxy) is 2. The summed E-state index contributed by atoms with van der Waals surface area (Å²) < 4.78 is 48.8. The van der Waals surface area contributed by atoms with Gasteiger partial charge in [0.2, 0.25) is 5.76 Å². The molecular formula is C20H28F3N3O6. The van der Waals surface area contributed by atoms with Crippen molar-refractivity contribution in [1.29, 1.82) is 0 Å². The van der Waals surface area contributed by atoms with Gasteiger partial charge >= 0.3 is 12.1 Å². The van der Waals surface area contributed by atoms with Crippen molar-refractivity contribution in [3.63, 3.8) is 0 Å². The number of amides is 1. The smallest absolute Gasteiger partial charge is 0.475 e. The number of alkyl halides is 3. The lowest BCUT2D eigenvalue weighted by molar-refractivity contribution is -0.192. The molecule has 0 aliphatic carbocycles. The fourth-order valence-electron chi connectivity index (χ4n) is 4.25. The average Bonchev–Trinajstić information content (AvgIpc) is 3.52. The molecule has 0 unspecified atom stereocenters. The molecular weight excluding hydrogens is 435 g/mol. The summed E-state index contributed by atoms with van der Waals surface area (Å²) in [6.07, 6.45) is 2.11. The van der Waals surface area contributed by atoms with E-state index in [1.54, 1.807) is 6.07 Å². The highest BCUT2D eigenvalue weighted by molar-refractivity contribution is 5.91. The molecule has 3 atom stereocenters. The number of aliphatic carboxylic acids is 1. The summed E-state index contributed by atoms with van der Waals surface area (Å²) in [6.45, 7) is 5.61. The minimum atomic E-state index is -5.08. The first-order valence-electron chi connectivity index (χ1n) is 10.7. The first kappa shape index (κ1) is 24.5. The molecule has 1 aromatic rings. The van der Waals surface area contributed by atoms with E-state index in [4.69, 9.17) is 23.9 Å². The van der Waals surface area contributed by atoms with Crippen LogP contribution in [0.5, 0.6) is 0 Å². The maximum Gasteiger partial charge on any atom is 0.490 e. The molecule has 0 spiro atoms. The van der Waals surface area contributed by atoms with Crippen LogP contribution in [0, 0.1) is 0 Å². The van der Waals surface area contributed by atoms with E-state index in [0.29, 0.717) is 12.4 Å². The summed E-state index contributed by atoms with van der Waals surface area (Å²) in [4.78, 5) is 25.7. The van der Waals surface area contributed by atoms with Crippen LogP contribution in [0.4, 0.5) is 13.2 Å². The van der Waals surface area contributed by atoms with Crippen molar-refractivity contribution in [3.05, 3.63) is 18.0 Å². The van der Waals surface area contributed by atoms with Crippen LogP contribution in [0.3, 0.4) is 0 Å². The standard InChI is InChI=1S/C18H27N3O4.C2HF3O2/c22-18(17-5-7-19-25-17)21-10-6-16-15(21)4-3-14(24-16)13-23-12-11-20-8-1-2-9-20;3-2(4,5)1(6)7/h5,7,14-16H,1-4,6,8-13H2;(H,6,7)/t14-,15+,16+;/m1./s1. The normalized spacial score (nSPS) is 25.8. The van der Waals surface area contributed by atoms with E-state index in [1.165, 1.54) is 32.1 Å². The van der Waals surface area contributed by atoms with E-state index in [2.05, 4.69) is 10.1 Å². The molecule has 0 saturated carbocycles. The molecule has 0 aromatic carbocycles. The van der Waals surface area contributed by atoms with Crippen LogP contribution < -0.4 is 0 Å². The van der Waals surface area contributed by atoms with Crippen molar-refractivity contribution in [2.75, 3.05) is 39.4 Å². The summed E-state index contributed by atoms with van der Waals surface area (Å²) in [5, 5.41) is 10.8. The Kier molecular flexibility index (Phi) is 8.49. The van der Waals surface area contributed by atoms with Crippen molar-refractivity contribution in [3.8, 4) is 0 Å². The minimum Gasteiger partial charge on any atom is -0.475 e. The van der Waals surface area contributed by atoms with Gasteiger partial charge in [0, 0.05) is 19.2 Å². The third-order valence-electron chi connectivity index (χ3n) is 5.84. The van der Waals surface area contributed by atoms with Gasteiger partial charge in [0.05, 0.1) is 37.7 Å². The number of carbonyl (C=O) groups is 2.